The first-order valence-electron chi connectivity index (χ1n) is 13.8. The standard InChI is InChI=1S/C30H36N6O3.ClH/c37-28-27-18-26(20-32-27)36(30(39)24-12-5-2-6-13-24)17-9-16-34(15-8-7-14-31-28)29(38)25-19-33-35(22-25)21-23-10-3-1-4-11-23;/h1-6,10-13,19,22,26-27,32H,7-9,14-18,20-21H2,(H,31,37);1H/t26-,27-;/m0./s1. The topological polar surface area (TPSA) is 99.6 Å². The van der Waals surface area contributed by atoms with Crippen LogP contribution in [0.3, 0.4) is 0 Å². The highest BCUT2D eigenvalue weighted by Gasteiger charge is 2.35. The van der Waals surface area contributed by atoms with E-state index < -0.39 is 0 Å². The van der Waals surface area contributed by atoms with Crippen LogP contribution in [0.5, 0.6) is 0 Å². The van der Waals surface area contributed by atoms with Gasteiger partial charge in [-0.05, 0) is 43.4 Å². The minimum atomic E-state index is -0.297. The molecule has 2 aromatic carbocycles. The van der Waals surface area contributed by atoms with E-state index in [-0.39, 0.29) is 42.2 Å². The van der Waals surface area contributed by atoms with E-state index in [2.05, 4.69) is 15.7 Å². The number of benzene rings is 2. The summed E-state index contributed by atoms with van der Waals surface area (Å²) in [6, 6.07) is 18.9. The van der Waals surface area contributed by atoms with Crippen LogP contribution >= 0.6 is 12.4 Å². The lowest BCUT2D eigenvalue weighted by molar-refractivity contribution is -0.122. The normalized spacial score (nSPS) is 20.2. The zero-order valence-electron chi connectivity index (χ0n) is 22.6. The second kappa shape index (κ2) is 14.1. The van der Waals surface area contributed by atoms with Gasteiger partial charge in [0.05, 0.1) is 24.3 Å². The Labute approximate surface area is 241 Å². The Kier molecular flexibility index (Phi) is 10.3. The molecule has 0 saturated carbocycles. The lowest BCUT2D eigenvalue weighted by Gasteiger charge is -2.30. The molecular weight excluding hydrogens is 528 g/mol. The third-order valence-electron chi connectivity index (χ3n) is 7.48. The van der Waals surface area contributed by atoms with E-state index in [1.54, 1.807) is 17.1 Å². The Balaban J connectivity index is 0.00000370. The number of carbonyl (C=O) groups is 3. The molecule has 0 spiro atoms. The smallest absolute Gasteiger partial charge is 0.257 e. The molecule has 3 amide bonds. The van der Waals surface area contributed by atoms with Crippen molar-refractivity contribution in [3.05, 3.63) is 89.7 Å². The van der Waals surface area contributed by atoms with Crippen molar-refractivity contribution < 1.29 is 14.4 Å². The van der Waals surface area contributed by atoms with Crippen LogP contribution in [0.15, 0.2) is 73.1 Å². The highest BCUT2D eigenvalue weighted by molar-refractivity contribution is 5.95. The van der Waals surface area contributed by atoms with Crippen LogP contribution in [0.4, 0.5) is 0 Å². The average Bonchev–Trinajstić information content (AvgIpc) is 3.64. The molecule has 9 nitrogen and oxygen atoms in total. The Morgan fingerprint density at radius 2 is 1.60 bits per heavy atom. The fraction of sp³-hybridized carbons (Fsp3) is 0.400. The summed E-state index contributed by atoms with van der Waals surface area (Å²) in [5.74, 6) is -0.134. The molecule has 5 rings (SSSR count). The van der Waals surface area contributed by atoms with Gasteiger partial charge in [0.2, 0.25) is 5.91 Å². The van der Waals surface area contributed by atoms with Gasteiger partial charge in [-0.15, -0.1) is 12.4 Å². The van der Waals surface area contributed by atoms with Crippen molar-refractivity contribution in [2.75, 3.05) is 32.7 Å². The highest BCUT2D eigenvalue weighted by Crippen LogP contribution is 2.19. The molecule has 2 N–H and O–H groups in total. The number of nitrogens with one attached hydrogen (secondary N) is 2. The van der Waals surface area contributed by atoms with E-state index in [0.29, 0.717) is 63.2 Å². The van der Waals surface area contributed by atoms with Gasteiger partial charge in [0.15, 0.2) is 0 Å². The van der Waals surface area contributed by atoms with Crippen molar-refractivity contribution in [2.45, 2.75) is 44.3 Å². The van der Waals surface area contributed by atoms with Crippen molar-refractivity contribution in [2.24, 2.45) is 0 Å². The van der Waals surface area contributed by atoms with Crippen molar-refractivity contribution in [3.63, 3.8) is 0 Å². The molecule has 0 radical (unpaired) electrons. The van der Waals surface area contributed by atoms with Gasteiger partial charge < -0.3 is 20.4 Å². The first kappa shape index (κ1) is 29.3. The van der Waals surface area contributed by atoms with Gasteiger partial charge in [-0.2, -0.15) is 5.10 Å². The number of nitrogens with zero attached hydrogens (tertiary/aromatic N) is 4. The molecule has 3 heterocycles. The zero-order chi connectivity index (χ0) is 27.0. The fourth-order valence-electron chi connectivity index (χ4n) is 5.37. The Bertz CT molecular complexity index is 1270. The molecule has 3 aromatic rings. The summed E-state index contributed by atoms with van der Waals surface area (Å²) in [6.45, 7) is 3.35. The molecule has 2 saturated heterocycles. The summed E-state index contributed by atoms with van der Waals surface area (Å²) in [4.78, 5) is 43.5. The molecule has 2 atom stereocenters. The van der Waals surface area contributed by atoms with Crippen LogP contribution < -0.4 is 10.6 Å². The Morgan fingerprint density at radius 1 is 0.875 bits per heavy atom. The van der Waals surface area contributed by atoms with E-state index in [0.717, 1.165) is 18.4 Å². The predicted octanol–water partition coefficient (Wildman–Crippen LogP) is 2.97. The minimum Gasteiger partial charge on any atom is -0.355 e. The summed E-state index contributed by atoms with van der Waals surface area (Å²) < 4.78 is 1.78. The second-order valence-corrected chi connectivity index (χ2v) is 10.3. The van der Waals surface area contributed by atoms with Crippen LogP contribution in [0.25, 0.3) is 0 Å². The molecule has 2 aliphatic rings. The summed E-state index contributed by atoms with van der Waals surface area (Å²) in [7, 11) is 0. The van der Waals surface area contributed by atoms with Crippen molar-refractivity contribution in [3.8, 4) is 0 Å². The number of rotatable bonds is 4. The predicted molar refractivity (Wildman–Crippen MR) is 155 cm³/mol. The molecular formula is C30H37ClN6O3. The minimum absolute atomic E-state index is 0. The molecule has 0 aliphatic carbocycles. The average molecular weight is 565 g/mol. The lowest BCUT2D eigenvalue weighted by atomic mass is 10.1. The molecule has 0 unspecified atom stereocenters. The Hall–Kier alpha value is -3.69. The molecule has 2 bridgehead atoms. The van der Waals surface area contributed by atoms with E-state index >= 15 is 0 Å². The SMILES string of the molecule is Cl.O=C1NCCCCN(C(=O)c2cnn(Cc3ccccc3)c2)CCCN(C(=O)c2ccccc2)[C@@H]2CN[C@H]1C2. The van der Waals surface area contributed by atoms with Crippen LogP contribution in [-0.4, -0.2) is 82.1 Å². The quantitative estimate of drug-likeness (QED) is 0.507. The first-order valence-corrected chi connectivity index (χ1v) is 13.8. The van der Waals surface area contributed by atoms with Gasteiger partial charge in [0.1, 0.15) is 0 Å². The number of fused-ring (bicyclic) bond motifs is 2. The maximum atomic E-state index is 13.5. The second-order valence-electron chi connectivity index (χ2n) is 10.3. The largest absolute Gasteiger partial charge is 0.355 e. The maximum absolute atomic E-state index is 13.5. The first-order chi connectivity index (χ1) is 19.1. The molecule has 1 aromatic heterocycles. The van der Waals surface area contributed by atoms with Crippen molar-refractivity contribution in [1.29, 1.82) is 0 Å². The van der Waals surface area contributed by atoms with E-state index in [1.807, 2.05) is 70.5 Å². The number of hydrogen-bond donors (Lipinski definition) is 2. The summed E-state index contributed by atoms with van der Waals surface area (Å²) in [5, 5.41) is 10.7. The molecule has 2 aliphatic heterocycles. The fourth-order valence-corrected chi connectivity index (χ4v) is 5.37. The van der Waals surface area contributed by atoms with Gasteiger partial charge in [0.25, 0.3) is 11.8 Å². The van der Waals surface area contributed by atoms with Gasteiger partial charge in [0, 0.05) is 50.5 Å². The van der Waals surface area contributed by atoms with Crippen molar-refractivity contribution in [1.82, 2.24) is 30.2 Å². The van der Waals surface area contributed by atoms with Crippen molar-refractivity contribution >= 4 is 30.1 Å². The van der Waals surface area contributed by atoms with Gasteiger partial charge >= 0.3 is 0 Å². The molecule has 10 heteroatoms. The monoisotopic (exact) mass is 564 g/mol. The van der Waals surface area contributed by atoms with Crippen LogP contribution in [0.1, 0.15) is 52.0 Å². The van der Waals surface area contributed by atoms with E-state index in [4.69, 9.17) is 0 Å². The maximum Gasteiger partial charge on any atom is 0.257 e. The van der Waals surface area contributed by atoms with Gasteiger partial charge in [-0.3, -0.25) is 19.1 Å². The van der Waals surface area contributed by atoms with Crippen LogP contribution in [0, 0.1) is 0 Å². The summed E-state index contributed by atoms with van der Waals surface area (Å²) in [6.07, 6.45) is 6.22. The molecule has 2 fully saturated rings. The number of halogens is 1. The van der Waals surface area contributed by atoms with Gasteiger partial charge in [-0.1, -0.05) is 48.5 Å². The summed E-state index contributed by atoms with van der Waals surface area (Å²) >= 11 is 0. The molecule has 212 valence electrons. The van der Waals surface area contributed by atoms with Gasteiger partial charge in [-0.25, -0.2) is 0 Å². The zero-order valence-corrected chi connectivity index (χ0v) is 23.4. The third kappa shape index (κ3) is 7.28. The van der Waals surface area contributed by atoms with E-state index in [9.17, 15) is 14.4 Å². The number of carbonyl (C=O) groups excluding carboxylic acids is 3. The van der Waals surface area contributed by atoms with Crippen LogP contribution in [0.2, 0.25) is 0 Å². The number of aromatic nitrogens is 2. The van der Waals surface area contributed by atoms with E-state index in [1.165, 1.54) is 0 Å². The third-order valence-corrected chi connectivity index (χ3v) is 7.48. The Morgan fingerprint density at radius 3 is 2.38 bits per heavy atom. The number of hydrogen-bond acceptors (Lipinski definition) is 5. The summed E-state index contributed by atoms with van der Waals surface area (Å²) in [5.41, 5.74) is 2.30. The number of amides is 3. The van der Waals surface area contributed by atoms with Crippen LogP contribution in [-0.2, 0) is 11.3 Å². The lowest BCUT2D eigenvalue weighted by Crippen LogP contribution is -2.44. The highest BCUT2D eigenvalue weighted by atomic mass is 35.5. The molecule has 40 heavy (non-hydrogen) atoms.